The molecule has 5 nitrogen and oxygen atoms in total. The van der Waals surface area contributed by atoms with Gasteiger partial charge in [-0.3, -0.25) is 10.2 Å². The fourth-order valence-electron chi connectivity index (χ4n) is 1.39. The molecule has 0 aliphatic carbocycles. The predicted molar refractivity (Wildman–Crippen MR) is 84.9 cm³/mol. The van der Waals surface area contributed by atoms with Gasteiger partial charge >= 0.3 is 0 Å². The highest BCUT2D eigenvalue weighted by Crippen LogP contribution is 2.23. The number of benzene rings is 1. The topological polar surface area (TPSA) is 70.1 Å². The molecule has 0 fully saturated rings. The second-order valence-corrected chi connectivity index (χ2v) is 5.47. The lowest BCUT2D eigenvalue weighted by Gasteiger charge is -2.05. The SMILES string of the molecule is CC(=NNc1cn[nH]c(=O)c1Br)c1ccc(Cl)c(Cl)c1. The second-order valence-electron chi connectivity index (χ2n) is 3.86. The van der Waals surface area contributed by atoms with Crippen LogP contribution < -0.4 is 11.0 Å². The largest absolute Gasteiger partial charge is 0.280 e. The van der Waals surface area contributed by atoms with Gasteiger partial charge in [0.2, 0.25) is 0 Å². The third-order valence-electron chi connectivity index (χ3n) is 2.48. The van der Waals surface area contributed by atoms with Crippen LogP contribution in [0.3, 0.4) is 0 Å². The molecule has 8 heteroatoms. The number of hydrogen-bond donors (Lipinski definition) is 2. The molecule has 0 amide bonds. The lowest BCUT2D eigenvalue weighted by molar-refractivity contribution is 0.976. The Hall–Kier alpha value is -1.37. The number of nitrogens with zero attached hydrogens (tertiary/aromatic N) is 2. The molecule has 104 valence electrons. The van der Waals surface area contributed by atoms with E-state index in [0.29, 0.717) is 25.9 Å². The number of aromatic amines is 1. The first kappa shape index (κ1) is 15.0. The number of rotatable bonds is 3. The monoisotopic (exact) mass is 374 g/mol. The molecule has 0 saturated carbocycles. The summed E-state index contributed by atoms with van der Waals surface area (Å²) in [5.74, 6) is 0. The first-order valence-electron chi connectivity index (χ1n) is 5.48. The standard InChI is InChI=1S/C12H9BrCl2N4O/c1-6(7-2-3-8(14)9(15)4-7)17-18-10-5-16-19-12(20)11(10)13/h2-5H,1H3,(H2,18,19,20). The van der Waals surface area contributed by atoms with Gasteiger partial charge in [0.1, 0.15) is 4.47 Å². The summed E-state index contributed by atoms with van der Waals surface area (Å²) < 4.78 is 0.332. The van der Waals surface area contributed by atoms with E-state index in [2.05, 4.69) is 36.7 Å². The highest BCUT2D eigenvalue weighted by atomic mass is 79.9. The number of H-pyrrole nitrogens is 1. The summed E-state index contributed by atoms with van der Waals surface area (Å²) in [5, 5.41) is 11.1. The molecule has 2 N–H and O–H groups in total. The van der Waals surface area contributed by atoms with Crippen molar-refractivity contribution in [2.45, 2.75) is 6.92 Å². The average molecular weight is 376 g/mol. The van der Waals surface area contributed by atoms with E-state index in [9.17, 15) is 4.79 Å². The summed E-state index contributed by atoms with van der Waals surface area (Å²) in [6, 6.07) is 5.22. The molecule has 0 aliphatic rings. The Labute approximate surface area is 133 Å². The average Bonchev–Trinajstić information content (AvgIpc) is 2.43. The Kier molecular flexibility index (Phi) is 4.80. The molecular formula is C12H9BrCl2N4O. The Morgan fingerprint density at radius 1 is 1.40 bits per heavy atom. The van der Waals surface area contributed by atoms with Crippen LogP contribution in [0, 0.1) is 0 Å². The number of nitrogens with one attached hydrogen (secondary N) is 2. The van der Waals surface area contributed by atoms with Gasteiger partial charge in [0.15, 0.2) is 0 Å². The van der Waals surface area contributed by atoms with E-state index < -0.39 is 0 Å². The van der Waals surface area contributed by atoms with Crippen LogP contribution in [0.25, 0.3) is 0 Å². The zero-order valence-electron chi connectivity index (χ0n) is 10.2. The molecule has 0 spiro atoms. The fraction of sp³-hybridized carbons (Fsp3) is 0.0833. The third kappa shape index (κ3) is 3.39. The normalized spacial score (nSPS) is 11.5. The van der Waals surface area contributed by atoms with E-state index in [4.69, 9.17) is 23.2 Å². The molecule has 0 radical (unpaired) electrons. The smallest absolute Gasteiger partial charge is 0.275 e. The first-order valence-corrected chi connectivity index (χ1v) is 7.03. The van der Waals surface area contributed by atoms with Crippen molar-refractivity contribution >= 4 is 50.5 Å². The Bertz CT molecular complexity index is 730. The molecule has 1 aromatic carbocycles. The highest BCUT2D eigenvalue weighted by Gasteiger charge is 2.05. The Morgan fingerprint density at radius 2 is 2.15 bits per heavy atom. The molecular weight excluding hydrogens is 367 g/mol. The first-order chi connectivity index (χ1) is 9.49. The minimum atomic E-state index is -0.336. The number of hydrogen-bond acceptors (Lipinski definition) is 4. The summed E-state index contributed by atoms with van der Waals surface area (Å²) in [6.07, 6.45) is 1.46. The minimum Gasteiger partial charge on any atom is -0.275 e. The number of halogens is 3. The van der Waals surface area contributed by atoms with Crippen LogP contribution in [-0.2, 0) is 0 Å². The zero-order valence-corrected chi connectivity index (χ0v) is 13.3. The van der Waals surface area contributed by atoms with Gasteiger partial charge in [-0.25, -0.2) is 5.10 Å². The van der Waals surface area contributed by atoms with Gasteiger partial charge in [-0.15, -0.1) is 0 Å². The van der Waals surface area contributed by atoms with Crippen molar-refractivity contribution in [3.05, 3.63) is 54.8 Å². The summed E-state index contributed by atoms with van der Waals surface area (Å²) in [4.78, 5) is 11.4. The Balaban J connectivity index is 2.24. The van der Waals surface area contributed by atoms with Crippen molar-refractivity contribution in [1.29, 1.82) is 0 Å². The molecule has 0 aliphatic heterocycles. The van der Waals surface area contributed by atoms with E-state index in [1.165, 1.54) is 6.20 Å². The highest BCUT2D eigenvalue weighted by molar-refractivity contribution is 9.10. The number of anilines is 1. The molecule has 1 heterocycles. The molecule has 2 aromatic rings. The molecule has 2 rings (SSSR count). The zero-order chi connectivity index (χ0) is 14.7. The van der Waals surface area contributed by atoms with Crippen LogP contribution in [0.1, 0.15) is 12.5 Å². The van der Waals surface area contributed by atoms with Gasteiger partial charge in [0.05, 0.1) is 27.6 Å². The van der Waals surface area contributed by atoms with Crippen LogP contribution in [0.5, 0.6) is 0 Å². The quantitative estimate of drug-likeness (QED) is 0.635. The van der Waals surface area contributed by atoms with Crippen molar-refractivity contribution in [1.82, 2.24) is 10.2 Å². The van der Waals surface area contributed by atoms with Crippen LogP contribution in [0.4, 0.5) is 5.69 Å². The molecule has 0 unspecified atom stereocenters. The van der Waals surface area contributed by atoms with E-state index in [0.717, 1.165) is 5.56 Å². The minimum absolute atomic E-state index is 0.332. The third-order valence-corrected chi connectivity index (χ3v) is 4.00. The van der Waals surface area contributed by atoms with Crippen molar-refractivity contribution in [3.8, 4) is 0 Å². The van der Waals surface area contributed by atoms with Crippen molar-refractivity contribution in [2.24, 2.45) is 5.10 Å². The predicted octanol–water partition coefficient (Wildman–Crippen LogP) is 3.68. The number of hydrazone groups is 1. The van der Waals surface area contributed by atoms with Gasteiger partial charge in [0, 0.05) is 0 Å². The van der Waals surface area contributed by atoms with Crippen molar-refractivity contribution in [2.75, 3.05) is 5.43 Å². The lowest BCUT2D eigenvalue weighted by Crippen LogP contribution is -2.11. The molecule has 1 aromatic heterocycles. The maximum Gasteiger partial charge on any atom is 0.280 e. The van der Waals surface area contributed by atoms with E-state index in [-0.39, 0.29) is 5.56 Å². The second kappa shape index (κ2) is 6.39. The maximum atomic E-state index is 11.4. The summed E-state index contributed by atoms with van der Waals surface area (Å²) in [6.45, 7) is 1.81. The fourth-order valence-corrected chi connectivity index (χ4v) is 1.97. The van der Waals surface area contributed by atoms with Crippen LogP contribution in [0.2, 0.25) is 10.0 Å². The summed E-state index contributed by atoms with van der Waals surface area (Å²) in [5.41, 5.74) is 4.41. The van der Waals surface area contributed by atoms with Gasteiger partial charge in [-0.05, 0) is 40.5 Å². The molecule has 0 bridgehead atoms. The van der Waals surface area contributed by atoms with Crippen LogP contribution >= 0.6 is 39.1 Å². The van der Waals surface area contributed by atoms with E-state index in [1.807, 2.05) is 0 Å². The van der Waals surface area contributed by atoms with Crippen molar-refractivity contribution in [3.63, 3.8) is 0 Å². The van der Waals surface area contributed by atoms with Crippen molar-refractivity contribution < 1.29 is 0 Å². The Morgan fingerprint density at radius 3 is 2.85 bits per heavy atom. The van der Waals surface area contributed by atoms with Crippen LogP contribution in [-0.4, -0.2) is 15.9 Å². The molecule has 20 heavy (non-hydrogen) atoms. The van der Waals surface area contributed by atoms with Gasteiger partial charge in [-0.1, -0.05) is 29.3 Å². The molecule has 0 saturated heterocycles. The van der Waals surface area contributed by atoms with E-state index in [1.54, 1.807) is 25.1 Å². The maximum absolute atomic E-state index is 11.4. The molecule has 0 atom stereocenters. The van der Waals surface area contributed by atoms with Gasteiger partial charge < -0.3 is 0 Å². The van der Waals surface area contributed by atoms with Gasteiger partial charge in [-0.2, -0.15) is 10.2 Å². The van der Waals surface area contributed by atoms with Crippen LogP contribution in [0.15, 0.2) is 38.8 Å². The van der Waals surface area contributed by atoms with Gasteiger partial charge in [0.25, 0.3) is 5.56 Å². The number of aromatic nitrogens is 2. The summed E-state index contributed by atoms with van der Waals surface area (Å²) >= 11 is 15.0. The summed E-state index contributed by atoms with van der Waals surface area (Å²) in [7, 11) is 0. The van der Waals surface area contributed by atoms with E-state index >= 15 is 0 Å². The lowest BCUT2D eigenvalue weighted by atomic mass is 10.1.